The molecule has 0 aliphatic heterocycles. The van der Waals surface area contributed by atoms with Crippen LogP contribution in [-0.2, 0) is 22.1 Å². The highest BCUT2D eigenvalue weighted by atomic mass is 32.2. The predicted octanol–water partition coefficient (Wildman–Crippen LogP) is 1.88. The Morgan fingerprint density at radius 1 is 1.42 bits per heavy atom. The molecule has 0 radical (unpaired) electrons. The van der Waals surface area contributed by atoms with Crippen LogP contribution in [0.1, 0.15) is 23.7 Å². The van der Waals surface area contributed by atoms with Gasteiger partial charge in [0.2, 0.25) is 0 Å². The van der Waals surface area contributed by atoms with Gasteiger partial charge in [0.1, 0.15) is 9.22 Å². The SMILES string of the molecule is CC(C)(NS(=O)(=O)c1ccc(CN)s1)c1nccs1. The van der Waals surface area contributed by atoms with Crippen molar-refractivity contribution in [2.24, 2.45) is 5.73 Å². The second-order valence-corrected chi connectivity index (χ2v) is 8.46. The van der Waals surface area contributed by atoms with Crippen LogP contribution in [0.5, 0.6) is 0 Å². The molecule has 0 atom stereocenters. The molecule has 2 aromatic heterocycles. The van der Waals surface area contributed by atoms with Crippen molar-refractivity contribution in [1.29, 1.82) is 0 Å². The summed E-state index contributed by atoms with van der Waals surface area (Å²) in [5.41, 5.74) is 4.76. The molecule has 19 heavy (non-hydrogen) atoms. The first-order valence-electron chi connectivity index (χ1n) is 5.58. The molecule has 8 heteroatoms. The van der Waals surface area contributed by atoms with E-state index in [1.165, 1.54) is 22.7 Å². The Kier molecular flexibility index (Phi) is 4.07. The molecule has 0 spiro atoms. The molecular formula is C11H15N3O2S3. The number of aromatic nitrogens is 1. The van der Waals surface area contributed by atoms with Gasteiger partial charge in [-0.15, -0.1) is 22.7 Å². The molecule has 0 unspecified atom stereocenters. The summed E-state index contributed by atoms with van der Waals surface area (Å²) < 4.78 is 27.6. The van der Waals surface area contributed by atoms with Crippen molar-refractivity contribution in [3.8, 4) is 0 Å². The van der Waals surface area contributed by atoms with Gasteiger partial charge in [0.15, 0.2) is 0 Å². The van der Waals surface area contributed by atoms with Crippen molar-refractivity contribution in [2.75, 3.05) is 0 Å². The van der Waals surface area contributed by atoms with E-state index in [1.54, 1.807) is 32.2 Å². The van der Waals surface area contributed by atoms with E-state index >= 15 is 0 Å². The third-order valence-corrected chi connectivity index (χ3v) is 6.81. The Morgan fingerprint density at radius 3 is 2.68 bits per heavy atom. The van der Waals surface area contributed by atoms with E-state index in [0.29, 0.717) is 6.54 Å². The lowest BCUT2D eigenvalue weighted by Gasteiger charge is -2.22. The van der Waals surface area contributed by atoms with Gasteiger partial charge in [-0.05, 0) is 26.0 Å². The van der Waals surface area contributed by atoms with Gasteiger partial charge in [-0.3, -0.25) is 0 Å². The van der Waals surface area contributed by atoms with Crippen LogP contribution in [0.3, 0.4) is 0 Å². The first-order chi connectivity index (χ1) is 8.85. The zero-order chi connectivity index (χ0) is 14.1. The summed E-state index contributed by atoms with van der Waals surface area (Å²) in [5, 5.41) is 2.55. The quantitative estimate of drug-likeness (QED) is 0.881. The molecule has 0 amide bonds. The van der Waals surface area contributed by atoms with Crippen LogP contribution in [0, 0.1) is 0 Å². The standard InChI is InChI=1S/C11H15N3O2S3/c1-11(2,10-13-5-6-17-10)14-19(15,16)9-4-3-8(7-12)18-9/h3-6,14H,7,12H2,1-2H3. The maximum absolute atomic E-state index is 12.3. The second-order valence-electron chi connectivity index (χ2n) is 4.49. The number of sulfonamides is 1. The van der Waals surface area contributed by atoms with Crippen molar-refractivity contribution in [1.82, 2.24) is 9.71 Å². The molecule has 2 aromatic rings. The Hall–Kier alpha value is -0.800. The van der Waals surface area contributed by atoms with E-state index < -0.39 is 15.6 Å². The summed E-state index contributed by atoms with van der Waals surface area (Å²) in [6.45, 7) is 3.93. The lowest BCUT2D eigenvalue weighted by atomic mass is 10.1. The Bertz CT molecular complexity index is 645. The van der Waals surface area contributed by atoms with Gasteiger partial charge in [0.05, 0.1) is 5.54 Å². The van der Waals surface area contributed by atoms with E-state index in [4.69, 9.17) is 5.73 Å². The highest BCUT2D eigenvalue weighted by Gasteiger charge is 2.30. The number of nitrogens with zero attached hydrogens (tertiary/aromatic N) is 1. The van der Waals surface area contributed by atoms with Gasteiger partial charge in [-0.1, -0.05) is 0 Å². The number of hydrogen-bond acceptors (Lipinski definition) is 6. The minimum Gasteiger partial charge on any atom is -0.326 e. The van der Waals surface area contributed by atoms with Crippen molar-refractivity contribution >= 4 is 32.7 Å². The van der Waals surface area contributed by atoms with E-state index in [1.807, 2.05) is 5.38 Å². The lowest BCUT2D eigenvalue weighted by molar-refractivity contribution is 0.471. The number of hydrogen-bond donors (Lipinski definition) is 2. The monoisotopic (exact) mass is 317 g/mol. The van der Waals surface area contributed by atoms with Gasteiger partial charge in [-0.2, -0.15) is 4.72 Å². The number of nitrogens with one attached hydrogen (secondary N) is 1. The first-order valence-corrected chi connectivity index (χ1v) is 8.76. The van der Waals surface area contributed by atoms with Crippen LogP contribution in [0.15, 0.2) is 27.9 Å². The molecule has 104 valence electrons. The maximum atomic E-state index is 12.3. The first kappa shape index (κ1) is 14.6. The normalized spacial score (nSPS) is 12.8. The topological polar surface area (TPSA) is 85.1 Å². The Labute approximate surface area is 120 Å². The van der Waals surface area contributed by atoms with Crippen LogP contribution in [-0.4, -0.2) is 13.4 Å². The Balaban J connectivity index is 2.26. The fraction of sp³-hybridized carbons (Fsp3) is 0.364. The molecule has 0 aromatic carbocycles. The molecule has 0 saturated carbocycles. The van der Waals surface area contributed by atoms with E-state index in [2.05, 4.69) is 9.71 Å². The molecule has 2 heterocycles. The highest BCUT2D eigenvalue weighted by molar-refractivity contribution is 7.91. The molecule has 0 aliphatic rings. The molecule has 0 bridgehead atoms. The third kappa shape index (κ3) is 3.21. The fourth-order valence-electron chi connectivity index (χ4n) is 1.57. The largest absolute Gasteiger partial charge is 0.326 e. The molecule has 2 rings (SSSR count). The highest BCUT2D eigenvalue weighted by Crippen LogP contribution is 2.27. The van der Waals surface area contributed by atoms with E-state index in [-0.39, 0.29) is 4.21 Å². The van der Waals surface area contributed by atoms with Gasteiger partial charge >= 0.3 is 0 Å². The minimum absolute atomic E-state index is 0.276. The third-order valence-electron chi connectivity index (χ3n) is 2.46. The van der Waals surface area contributed by atoms with Crippen molar-refractivity contribution in [2.45, 2.75) is 30.1 Å². The molecular weight excluding hydrogens is 302 g/mol. The number of rotatable bonds is 5. The van der Waals surface area contributed by atoms with Crippen molar-refractivity contribution in [3.63, 3.8) is 0 Å². The van der Waals surface area contributed by atoms with Crippen LogP contribution in [0.2, 0.25) is 0 Å². The maximum Gasteiger partial charge on any atom is 0.250 e. The number of thiazole rings is 1. The predicted molar refractivity (Wildman–Crippen MR) is 77.7 cm³/mol. The van der Waals surface area contributed by atoms with Gasteiger partial charge in [-0.25, -0.2) is 13.4 Å². The fourth-order valence-corrected chi connectivity index (χ4v) is 4.97. The zero-order valence-electron chi connectivity index (χ0n) is 10.6. The average Bonchev–Trinajstić information content (AvgIpc) is 2.99. The minimum atomic E-state index is -3.55. The zero-order valence-corrected chi connectivity index (χ0v) is 13.0. The van der Waals surface area contributed by atoms with Gasteiger partial charge in [0, 0.05) is 23.0 Å². The molecule has 0 saturated heterocycles. The summed E-state index contributed by atoms with van der Waals surface area (Å²) in [7, 11) is -3.55. The van der Waals surface area contributed by atoms with Crippen LogP contribution in [0.25, 0.3) is 0 Å². The summed E-state index contributed by atoms with van der Waals surface area (Å²) in [5.74, 6) is 0. The van der Waals surface area contributed by atoms with Crippen molar-refractivity contribution in [3.05, 3.63) is 33.6 Å². The molecule has 0 aliphatic carbocycles. The smallest absolute Gasteiger partial charge is 0.250 e. The second kappa shape index (κ2) is 5.29. The van der Waals surface area contributed by atoms with Gasteiger partial charge in [0.25, 0.3) is 10.0 Å². The summed E-state index contributed by atoms with van der Waals surface area (Å²) in [6, 6.07) is 3.31. The molecule has 3 N–H and O–H groups in total. The van der Waals surface area contributed by atoms with Gasteiger partial charge < -0.3 is 5.73 Å². The average molecular weight is 317 g/mol. The van der Waals surface area contributed by atoms with Crippen LogP contribution < -0.4 is 10.5 Å². The van der Waals surface area contributed by atoms with E-state index in [0.717, 1.165) is 9.88 Å². The number of nitrogens with two attached hydrogens (primary N) is 1. The Morgan fingerprint density at radius 2 is 2.16 bits per heavy atom. The molecule has 0 fully saturated rings. The van der Waals surface area contributed by atoms with E-state index in [9.17, 15) is 8.42 Å². The molecule has 5 nitrogen and oxygen atoms in total. The van der Waals surface area contributed by atoms with Crippen LogP contribution >= 0.6 is 22.7 Å². The van der Waals surface area contributed by atoms with Crippen LogP contribution in [0.4, 0.5) is 0 Å². The lowest BCUT2D eigenvalue weighted by Crippen LogP contribution is -2.40. The summed E-state index contributed by atoms with van der Waals surface area (Å²) >= 11 is 2.61. The summed E-state index contributed by atoms with van der Waals surface area (Å²) in [4.78, 5) is 5.00. The number of thiophene rings is 1. The van der Waals surface area contributed by atoms with Crippen molar-refractivity contribution < 1.29 is 8.42 Å². The summed E-state index contributed by atoms with van der Waals surface area (Å²) in [6.07, 6.45) is 1.66.